The molecule has 0 bridgehead atoms. The largest absolute Gasteiger partial charge is 0.334 e. The van der Waals surface area contributed by atoms with E-state index >= 15 is 0 Å². The van der Waals surface area contributed by atoms with Gasteiger partial charge in [0.1, 0.15) is 0 Å². The van der Waals surface area contributed by atoms with Crippen LogP contribution in [0.5, 0.6) is 0 Å². The molecule has 8 heteroatoms. The Bertz CT molecular complexity index is 686. The molecule has 1 aromatic heterocycles. The third-order valence-corrected chi connectivity index (χ3v) is 6.12. The Kier molecular flexibility index (Phi) is 5.33. The van der Waals surface area contributed by atoms with Crippen LogP contribution in [0.4, 0.5) is 4.79 Å². The summed E-state index contributed by atoms with van der Waals surface area (Å²) in [5.74, 6) is 0.0149. The number of amides is 3. The van der Waals surface area contributed by atoms with Crippen molar-refractivity contribution >= 4 is 11.9 Å². The van der Waals surface area contributed by atoms with Gasteiger partial charge in [0.2, 0.25) is 0 Å². The van der Waals surface area contributed by atoms with Crippen molar-refractivity contribution < 1.29 is 9.59 Å². The van der Waals surface area contributed by atoms with Crippen LogP contribution in [0.1, 0.15) is 41.0 Å². The number of hydrogen-bond acceptors (Lipinski definition) is 4. The number of likely N-dealkylation sites (N-methyl/N-ethyl adjacent to an activating group) is 1. The fraction of sp³-hybridized carbons (Fsp3) is 0.737. The SMILES string of the molecule is CN1CCN(C(=O)N2CCN(C(=O)c3n[nH]c4c3CCCCC4)CC2)CC1. The zero-order valence-electron chi connectivity index (χ0n) is 16.2. The molecule has 4 rings (SSSR count). The van der Waals surface area contributed by atoms with Crippen molar-refractivity contribution in [3.05, 3.63) is 17.0 Å². The van der Waals surface area contributed by atoms with Crippen molar-refractivity contribution in [1.82, 2.24) is 29.8 Å². The van der Waals surface area contributed by atoms with Crippen molar-refractivity contribution in [2.24, 2.45) is 0 Å². The number of hydrogen-bond donors (Lipinski definition) is 1. The number of rotatable bonds is 1. The predicted octanol–water partition coefficient (Wildman–Crippen LogP) is 0.804. The van der Waals surface area contributed by atoms with Gasteiger partial charge in [0.15, 0.2) is 5.69 Å². The molecule has 148 valence electrons. The van der Waals surface area contributed by atoms with E-state index in [1.807, 2.05) is 14.7 Å². The van der Waals surface area contributed by atoms with E-state index in [2.05, 4.69) is 22.1 Å². The van der Waals surface area contributed by atoms with E-state index in [0.717, 1.165) is 63.1 Å². The number of carbonyl (C=O) groups excluding carboxylic acids is 2. The Labute approximate surface area is 160 Å². The molecule has 3 aliphatic rings. The number of aromatic nitrogens is 2. The standard InChI is InChI=1S/C19H30N6O2/c1-22-7-9-24(10-8-22)19(27)25-13-11-23(12-14-25)18(26)17-15-5-3-2-4-6-16(15)20-21-17/h2-14H2,1H3,(H,20,21). The molecule has 0 spiro atoms. The summed E-state index contributed by atoms with van der Waals surface area (Å²) in [7, 11) is 2.09. The minimum Gasteiger partial charge on any atom is -0.334 e. The molecule has 0 radical (unpaired) electrons. The topological polar surface area (TPSA) is 75.8 Å². The summed E-state index contributed by atoms with van der Waals surface area (Å²) in [5.41, 5.74) is 2.86. The maximum atomic E-state index is 13.0. The molecule has 0 unspecified atom stereocenters. The molecule has 8 nitrogen and oxygen atoms in total. The minimum atomic E-state index is 0.0149. The monoisotopic (exact) mass is 374 g/mol. The Morgan fingerprint density at radius 1 is 0.815 bits per heavy atom. The molecule has 3 amide bonds. The summed E-state index contributed by atoms with van der Waals surface area (Å²) in [6, 6.07) is 0.115. The third-order valence-electron chi connectivity index (χ3n) is 6.12. The molecule has 2 aliphatic heterocycles. The molecule has 0 aromatic carbocycles. The molecule has 2 fully saturated rings. The number of aryl methyl sites for hydroxylation is 1. The maximum Gasteiger partial charge on any atom is 0.320 e. The van der Waals surface area contributed by atoms with E-state index in [1.165, 1.54) is 6.42 Å². The first-order valence-corrected chi connectivity index (χ1v) is 10.2. The lowest BCUT2D eigenvalue weighted by atomic mass is 10.1. The Hall–Kier alpha value is -2.09. The highest BCUT2D eigenvalue weighted by Crippen LogP contribution is 2.23. The molecule has 2 saturated heterocycles. The highest BCUT2D eigenvalue weighted by atomic mass is 16.2. The van der Waals surface area contributed by atoms with Crippen LogP contribution in [0.25, 0.3) is 0 Å². The van der Waals surface area contributed by atoms with E-state index in [9.17, 15) is 9.59 Å². The number of nitrogens with zero attached hydrogens (tertiary/aromatic N) is 5. The highest BCUT2D eigenvalue weighted by Gasteiger charge is 2.31. The summed E-state index contributed by atoms with van der Waals surface area (Å²) in [6.07, 6.45) is 5.43. The van der Waals surface area contributed by atoms with Gasteiger partial charge in [0.05, 0.1) is 0 Å². The predicted molar refractivity (Wildman–Crippen MR) is 102 cm³/mol. The first kappa shape index (κ1) is 18.3. The van der Waals surface area contributed by atoms with Crippen LogP contribution in [0, 0.1) is 0 Å². The summed E-state index contributed by atoms with van der Waals surface area (Å²) >= 11 is 0. The number of nitrogens with one attached hydrogen (secondary N) is 1. The Morgan fingerprint density at radius 3 is 2.11 bits per heavy atom. The second-order valence-electron chi connectivity index (χ2n) is 7.94. The van der Waals surface area contributed by atoms with Gasteiger partial charge >= 0.3 is 6.03 Å². The number of carbonyl (C=O) groups is 2. The van der Waals surface area contributed by atoms with E-state index in [0.29, 0.717) is 31.9 Å². The van der Waals surface area contributed by atoms with Crippen LogP contribution in [0.3, 0.4) is 0 Å². The van der Waals surface area contributed by atoms with Crippen molar-refractivity contribution in [3.63, 3.8) is 0 Å². The molecule has 1 N–H and O–H groups in total. The number of urea groups is 1. The summed E-state index contributed by atoms with van der Waals surface area (Å²) < 4.78 is 0. The maximum absolute atomic E-state index is 13.0. The first-order chi connectivity index (χ1) is 13.1. The zero-order chi connectivity index (χ0) is 18.8. The number of H-pyrrole nitrogens is 1. The van der Waals surface area contributed by atoms with Crippen molar-refractivity contribution in [2.75, 3.05) is 59.4 Å². The second-order valence-corrected chi connectivity index (χ2v) is 7.94. The number of aromatic amines is 1. The second kappa shape index (κ2) is 7.88. The van der Waals surface area contributed by atoms with E-state index in [1.54, 1.807) is 0 Å². The van der Waals surface area contributed by atoms with Gasteiger partial charge in [-0.2, -0.15) is 5.10 Å². The smallest absolute Gasteiger partial charge is 0.320 e. The van der Waals surface area contributed by atoms with Crippen LogP contribution in [-0.2, 0) is 12.8 Å². The molecular formula is C19H30N6O2. The molecular weight excluding hydrogens is 344 g/mol. The number of piperazine rings is 2. The normalized spacial score (nSPS) is 21.7. The first-order valence-electron chi connectivity index (χ1n) is 10.2. The van der Waals surface area contributed by atoms with Gasteiger partial charge in [-0.05, 0) is 32.7 Å². The highest BCUT2D eigenvalue weighted by molar-refractivity contribution is 5.94. The van der Waals surface area contributed by atoms with Crippen molar-refractivity contribution in [2.45, 2.75) is 32.1 Å². The van der Waals surface area contributed by atoms with Crippen LogP contribution in [0.15, 0.2) is 0 Å². The molecule has 0 atom stereocenters. The van der Waals surface area contributed by atoms with E-state index < -0.39 is 0 Å². The van der Waals surface area contributed by atoms with Gasteiger partial charge in [0.25, 0.3) is 5.91 Å². The lowest BCUT2D eigenvalue weighted by molar-refractivity contribution is 0.0613. The molecule has 1 aliphatic carbocycles. The Balaban J connectivity index is 1.35. The van der Waals surface area contributed by atoms with Crippen molar-refractivity contribution in [1.29, 1.82) is 0 Å². The number of fused-ring (bicyclic) bond motifs is 1. The van der Waals surface area contributed by atoms with Gasteiger partial charge in [-0.1, -0.05) is 6.42 Å². The van der Waals surface area contributed by atoms with E-state index in [4.69, 9.17) is 0 Å². The quantitative estimate of drug-likeness (QED) is 0.738. The minimum absolute atomic E-state index is 0.0149. The van der Waals surface area contributed by atoms with Gasteiger partial charge in [-0.25, -0.2) is 4.79 Å². The lowest BCUT2D eigenvalue weighted by Gasteiger charge is -2.39. The average Bonchev–Trinajstić information content (AvgIpc) is 2.95. The van der Waals surface area contributed by atoms with Crippen LogP contribution in [-0.4, -0.2) is 101 Å². The van der Waals surface area contributed by atoms with Crippen LogP contribution in [0.2, 0.25) is 0 Å². The summed E-state index contributed by atoms with van der Waals surface area (Å²) in [4.78, 5) is 33.6. The molecule has 3 heterocycles. The molecule has 27 heavy (non-hydrogen) atoms. The van der Waals surface area contributed by atoms with E-state index in [-0.39, 0.29) is 11.9 Å². The van der Waals surface area contributed by atoms with Crippen molar-refractivity contribution in [3.8, 4) is 0 Å². The molecule has 0 saturated carbocycles. The average molecular weight is 374 g/mol. The van der Waals surface area contributed by atoms with Gasteiger partial charge in [0, 0.05) is 63.6 Å². The van der Waals surface area contributed by atoms with Gasteiger partial charge in [-0.15, -0.1) is 0 Å². The fourth-order valence-corrected chi connectivity index (χ4v) is 4.28. The zero-order valence-corrected chi connectivity index (χ0v) is 16.2. The Morgan fingerprint density at radius 2 is 1.41 bits per heavy atom. The summed E-state index contributed by atoms with van der Waals surface area (Å²) in [5, 5.41) is 7.43. The molecule has 1 aromatic rings. The summed E-state index contributed by atoms with van der Waals surface area (Å²) in [6.45, 7) is 5.79. The van der Waals surface area contributed by atoms with Gasteiger partial charge < -0.3 is 19.6 Å². The van der Waals surface area contributed by atoms with Gasteiger partial charge in [-0.3, -0.25) is 9.89 Å². The van der Waals surface area contributed by atoms with Crippen LogP contribution < -0.4 is 0 Å². The third kappa shape index (κ3) is 3.81. The fourth-order valence-electron chi connectivity index (χ4n) is 4.28. The lowest BCUT2D eigenvalue weighted by Crippen LogP contribution is -2.57. The van der Waals surface area contributed by atoms with Crippen LogP contribution >= 0.6 is 0 Å².